The highest BCUT2D eigenvalue weighted by Gasteiger charge is 2.31. The number of nitrogen functional groups attached to an aromatic ring is 1. The minimum atomic E-state index is -1.58. The molecule has 0 radical (unpaired) electrons. The normalized spacial score (nSPS) is 13.9. The number of anilines is 1. The van der Waals surface area contributed by atoms with Crippen LogP contribution in [0.3, 0.4) is 0 Å². The summed E-state index contributed by atoms with van der Waals surface area (Å²) in [5, 5.41) is 12.5. The molecule has 122 valence electrons. The summed E-state index contributed by atoms with van der Waals surface area (Å²) in [4.78, 5) is 23.5. The number of nitrogens with one attached hydrogen (secondary N) is 1. The van der Waals surface area contributed by atoms with Crippen LogP contribution < -0.4 is 11.1 Å². The highest BCUT2D eigenvalue weighted by atomic mass is 16.6. The Kier molecular flexibility index (Phi) is 5.76. The summed E-state index contributed by atoms with van der Waals surface area (Å²) in [5.74, 6) is -0.872. The predicted octanol–water partition coefficient (Wildman–Crippen LogP) is 1.37. The van der Waals surface area contributed by atoms with Gasteiger partial charge in [0, 0.05) is 5.69 Å². The minimum Gasteiger partial charge on any atom is -0.467 e. The lowest BCUT2D eigenvalue weighted by Gasteiger charge is -2.26. The van der Waals surface area contributed by atoms with Gasteiger partial charge in [-0.2, -0.15) is 0 Å². The van der Waals surface area contributed by atoms with E-state index in [0.29, 0.717) is 11.3 Å². The lowest BCUT2D eigenvalue weighted by Crippen LogP contribution is -2.43. The van der Waals surface area contributed by atoms with Crippen molar-refractivity contribution in [3.63, 3.8) is 0 Å². The van der Waals surface area contributed by atoms with E-state index in [0.717, 1.165) is 7.11 Å². The second kappa shape index (κ2) is 7.13. The Morgan fingerprint density at radius 3 is 2.45 bits per heavy atom. The number of hydrogen-bond donors (Lipinski definition) is 3. The van der Waals surface area contributed by atoms with Crippen LogP contribution in [0, 0.1) is 0 Å². The third-order valence-corrected chi connectivity index (χ3v) is 2.70. The molecule has 0 saturated carbocycles. The standard InChI is InChI=1S/C15H22N2O5/c1-15(2,3)22-14(20)17-11(12(18)13(19)21-4)9-6-5-7-10(16)8-9/h5-8,11-12,18H,16H2,1-4H3,(H,17,20). The van der Waals surface area contributed by atoms with Crippen LogP contribution in [0.15, 0.2) is 24.3 Å². The Morgan fingerprint density at radius 2 is 1.95 bits per heavy atom. The van der Waals surface area contributed by atoms with Crippen molar-refractivity contribution < 1.29 is 24.2 Å². The van der Waals surface area contributed by atoms with Crippen LogP contribution in [0.25, 0.3) is 0 Å². The lowest BCUT2D eigenvalue weighted by molar-refractivity contribution is -0.152. The molecule has 0 aliphatic heterocycles. The molecule has 0 aliphatic carbocycles. The van der Waals surface area contributed by atoms with E-state index in [2.05, 4.69) is 10.1 Å². The van der Waals surface area contributed by atoms with Crippen molar-refractivity contribution in [1.82, 2.24) is 5.32 Å². The number of ether oxygens (including phenoxy) is 2. The van der Waals surface area contributed by atoms with Crippen molar-refractivity contribution in [3.8, 4) is 0 Å². The summed E-state index contributed by atoms with van der Waals surface area (Å²) in [6, 6.07) is 5.45. The van der Waals surface area contributed by atoms with Crippen LogP contribution in [0.4, 0.5) is 10.5 Å². The molecule has 1 amide bonds. The molecule has 7 nitrogen and oxygen atoms in total. The predicted molar refractivity (Wildman–Crippen MR) is 81.0 cm³/mol. The molecule has 0 aromatic heterocycles. The molecule has 0 fully saturated rings. The summed E-state index contributed by atoms with van der Waals surface area (Å²) in [6.45, 7) is 5.12. The highest BCUT2D eigenvalue weighted by molar-refractivity contribution is 5.77. The first-order valence-electron chi connectivity index (χ1n) is 6.75. The second-order valence-electron chi connectivity index (χ2n) is 5.76. The van der Waals surface area contributed by atoms with Gasteiger partial charge >= 0.3 is 12.1 Å². The van der Waals surface area contributed by atoms with Crippen molar-refractivity contribution >= 4 is 17.7 Å². The average Bonchev–Trinajstić information content (AvgIpc) is 2.41. The number of hydrogen-bond acceptors (Lipinski definition) is 6. The molecule has 0 aliphatic rings. The fraction of sp³-hybridized carbons (Fsp3) is 0.467. The number of methoxy groups -OCH3 is 1. The molecule has 7 heteroatoms. The van der Waals surface area contributed by atoms with E-state index in [1.54, 1.807) is 45.0 Å². The molecule has 1 aromatic carbocycles. The number of aliphatic hydroxyl groups is 1. The lowest BCUT2D eigenvalue weighted by atomic mass is 10.0. The number of amides is 1. The first-order valence-corrected chi connectivity index (χ1v) is 6.75. The van der Waals surface area contributed by atoms with Crippen molar-refractivity contribution in [2.45, 2.75) is 38.5 Å². The van der Waals surface area contributed by atoms with Gasteiger partial charge in [-0.05, 0) is 38.5 Å². The maximum atomic E-state index is 11.9. The molecule has 2 unspecified atom stereocenters. The van der Waals surface area contributed by atoms with Crippen LogP contribution in [0.2, 0.25) is 0 Å². The third kappa shape index (κ3) is 5.25. The zero-order chi connectivity index (χ0) is 16.9. The van der Waals surface area contributed by atoms with Crippen LogP contribution in [0.1, 0.15) is 32.4 Å². The first-order chi connectivity index (χ1) is 10.1. The summed E-state index contributed by atoms with van der Waals surface area (Å²) in [6.07, 6.45) is -2.35. The summed E-state index contributed by atoms with van der Waals surface area (Å²) in [5.41, 5.74) is 5.89. The van der Waals surface area contributed by atoms with E-state index in [1.165, 1.54) is 0 Å². The maximum absolute atomic E-state index is 11.9. The summed E-state index contributed by atoms with van der Waals surface area (Å²) >= 11 is 0. The van der Waals surface area contributed by atoms with Crippen molar-refractivity contribution in [2.75, 3.05) is 12.8 Å². The van der Waals surface area contributed by atoms with Gasteiger partial charge < -0.3 is 25.6 Å². The maximum Gasteiger partial charge on any atom is 0.408 e. The Hall–Kier alpha value is -2.28. The van der Waals surface area contributed by atoms with Gasteiger partial charge in [-0.15, -0.1) is 0 Å². The van der Waals surface area contributed by atoms with Crippen LogP contribution in [0.5, 0.6) is 0 Å². The van der Waals surface area contributed by atoms with Gasteiger partial charge in [-0.3, -0.25) is 0 Å². The second-order valence-corrected chi connectivity index (χ2v) is 5.76. The highest BCUT2D eigenvalue weighted by Crippen LogP contribution is 2.21. The van der Waals surface area contributed by atoms with Crippen LogP contribution in [-0.2, 0) is 14.3 Å². The Morgan fingerprint density at radius 1 is 1.32 bits per heavy atom. The number of carbonyl (C=O) groups excluding carboxylic acids is 2. The SMILES string of the molecule is COC(=O)C(O)C(NC(=O)OC(C)(C)C)c1cccc(N)c1. The van der Waals surface area contributed by atoms with E-state index in [9.17, 15) is 14.7 Å². The number of nitrogens with two attached hydrogens (primary N) is 1. The molecule has 0 heterocycles. The number of rotatable bonds is 4. The molecular formula is C15H22N2O5. The van der Waals surface area contributed by atoms with Crippen molar-refractivity contribution in [1.29, 1.82) is 0 Å². The van der Waals surface area contributed by atoms with Gasteiger partial charge in [0.15, 0.2) is 6.10 Å². The fourth-order valence-electron chi connectivity index (χ4n) is 1.79. The Bertz CT molecular complexity index is 539. The molecule has 4 N–H and O–H groups in total. The Labute approximate surface area is 129 Å². The quantitative estimate of drug-likeness (QED) is 0.572. The zero-order valence-electron chi connectivity index (χ0n) is 13.1. The monoisotopic (exact) mass is 310 g/mol. The van der Waals surface area contributed by atoms with Crippen LogP contribution in [-0.4, -0.2) is 36.0 Å². The molecule has 0 spiro atoms. The van der Waals surface area contributed by atoms with Gasteiger partial charge in [-0.1, -0.05) is 12.1 Å². The van der Waals surface area contributed by atoms with Gasteiger partial charge in [0.05, 0.1) is 13.2 Å². The number of esters is 1. The number of carbonyl (C=O) groups is 2. The van der Waals surface area contributed by atoms with Crippen molar-refractivity contribution in [3.05, 3.63) is 29.8 Å². The van der Waals surface area contributed by atoms with Gasteiger partial charge in [0.25, 0.3) is 0 Å². The van der Waals surface area contributed by atoms with E-state index < -0.39 is 29.8 Å². The molecule has 0 saturated heterocycles. The van der Waals surface area contributed by atoms with E-state index in [4.69, 9.17) is 10.5 Å². The summed E-state index contributed by atoms with van der Waals surface area (Å²) in [7, 11) is 1.15. The first kappa shape index (κ1) is 17.8. The number of benzene rings is 1. The molecule has 1 aromatic rings. The van der Waals surface area contributed by atoms with Crippen LogP contribution >= 0.6 is 0 Å². The third-order valence-electron chi connectivity index (χ3n) is 2.70. The van der Waals surface area contributed by atoms with Crippen molar-refractivity contribution in [2.24, 2.45) is 0 Å². The number of alkyl carbamates (subject to hydrolysis) is 1. The minimum absolute atomic E-state index is 0.436. The molecule has 2 atom stereocenters. The van der Waals surface area contributed by atoms with Gasteiger partial charge in [0.2, 0.25) is 0 Å². The molecule has 1 rings (SSSR count). The van der Waals surface area contributed by atoms with E-state index >= 15 is 0 Å². The van der Waals surface area contributed by atoms with Gasteiger partial charge in [-0.25, -0.2) is 9.59 Å². The van der Waals surface area contributed by atoms with E-state index in [1.807, 2.05) is 0 Å². The smallest absolute Gasteiger partial charge is 0.408 e. The average molecular weight is 310 g/mol. The van der Waals surface area contributed by atoms with E-state index in [-0.39, 0.29) is 0 Å². The Balaban J connectivity index is 3.02. The summed E-state index contributed by atoms with van der Waals surface area (Å²) < 4.78 is 9.65. The molecular weight excluding hydrogens is 288 g/mol. The fourth-order valence-corrected chi connectivity index (χ4v) is 1.79. The number of aliphatic hydroxyl groups excluding tert-OH is 1. The topological polar surface area (TPSA) is 111 Å². The van der Waals surface area contributed by atoms with Gasteiger partial charge in [0.1, 0.15) is 5.60 Å². The molecule has 22 heavy (non-hydrogen) atoms. The molecule has 0 bridgehead atoms. The zero-order valence-corrected chi connectivity index (χ0v) is 13.1. The largest absolute Gasteiger partial charge is 0.467 e.